The topological polar surface area (TPSA) is 89.9 Å². The van der Waals surface area contributed by atoms with Crippen molar-refractivity contribution < 1.29 is 31.8 Å². The molecule has 0 aliphatic heterocycles. The Morgan fingerprint density at radius 2 is 1.47 bits per heavy atom. The van der Waals surface area contributed by atoms with E-state index in [0.717, 1.165) is 75.8 Å². The first-order valence-corrected chi connectivity index (χ1v) is 12.7. The van der Waals surface area contributed by atoms with E-state index in [1.54, 1.807) is 0 Å². The van der Waals surface area contributed by atoms with Crippen LogP contribution in [0, 0.1) is 11.8 Å². The van der Waals surface area contributed by atoms with Gasteiger partial charge < -0.3 is 10.2 Å². The number of rotatable bonds is 13. The van der Waals surface area contributed by atoms with Crippen LogP contribution < -0.4 is 4.72 Å². The molecule has 1 fully saturated rings. The van der Waals surface area contributed by atoms with Crippen molar-refractivity contribution in [1.82, 2.24) is 9.62 Å². The molecule has 0 radical (unpaired) electrons. The molecule has 0 spiro atoms. The fourth-order valence-electron chi connectivity index (χ4n) is 4.24. The van der Waals surface area contributed by atoms with Crippen molar-refractivity contribution in [2.75, 3.05) is 39.4 Å². The van der Waals surface area contributed by atoms with Crippen LogP contribution in [0.2, 0.25) is 0 Å². The first-order valence-electron chi connectivity index (χ1n) is 11.3. The van der Waals surface area contributed by atoms with E-state index in [1.807, 2.05) is 0 Å². The standard InChI is InChI=1S/C22H35F3N2O4S/c23-22(24,25)20-8-10-21(11-9-20)32(30,31)26-17-19-6-4-18(5-7-19)3-1-2-12-27(13-15-28)14-16-29/h8-11,18-19,26,28-29H,1-7,12-17H2. The second-order valence-corrected chi connectivity index (χ2v) is 10.3. The second-order valence-electron chi connectivity index (χ2n) is 8.55. The smallest absolute Gasteiger partial charge is 0.395 e. The van der Waals surface area contributed by atoms with Gasteiger partial charge in [0.2, 0.25) is 10.0 Å². The van der Waals surface area contributed by atoms with Crippen LogP contribution in [0.1, 0.15) is 50.5 Å². The van der Waals surface area contributed by atoms with E-state index in [4.69, 9.17) is 10.2 Å². The summed E-state index contributed by atoms with van der Waals surface area (Å²) in [6, 6.07) is 3.55. The maximum Gasteiger partial charge on any atom is 0.416 e. The Morgan fingerprint density at radius 3 is 2.00 bits per heavy atom. The molecule has 0 bridgehead atoms. The molecule has 32 heavy (non-hydrogen) atoms. The number of alkyl halides is 3. The lowest BCUT2D eigenvalue weighted by molar-refractivity contribution is -0.137. The van der Waals surface area contributed by atoms with Crippen LogP contribution >= 0.6 is 0 Å². The Labute approximate surface area is 188 Å². The van der Waals surface area contributed by atoms with Crippen LogP contribution in [-0.4, -0.2) is 62.9 Å². The highest BCUT2D eigenvalue weighted by Gasteiger charge is 2.31. The second kappa shape index (κ2) is 12.9. The third-order valence-electron chi connectivity index (χ3n) is 6.19. The van der Waals surface area contributed by atoms with Gasteiger partial charge in [-0.3, -0.25) is 4.90 Å². The molecule has 0 atom stereocenters. The number of benzene rings is 1. The highest BCUT2D eigenvalue weighted by atomic mass is 32.2. The van der Waals surface area contributed by atoms with Gasteiger partial charge >= 0.3 is 6.18 Å². The van der Waals surface area contributed by atoms with Crippen LogP contribution in [0.25, 0.3) is 0 Å². The number of unbranched alkanes of at least 4 members (excludes halogenated alkanes) is 1. The van der Waals surface area contributed by atoms with Gasteiger partial charge in [0.25, 0.3) is 0 Å². The molecular weight excluding hydrogens is 445 g/mol. The molecule has 1 aliphatic carbocycles. The zero-order chi connectivity index (χ0) is 23.6. The summed E-state index contributed by atoms with van der Waals surface area (Å²) in [5.74, 6) is 0.863. The van der Waals surface area contributed by atoms with E-state index in [1.165, 1.54) is 0 Å². The molecule has 0 saturated heterocycles. The number of halogens is 3. The summed E-state index contributed by atoms with van der Waals surface area (Å²) in [7, 11) is -3.83. The number of hydrogen-bond donors (Lipinski definition) is 3. The van der Waals surface area contributed by atoms with Gasteiger partial charge in [0, 0.05) is 19.6 Å². The molecule has 1 aromatic carbocycles. The number of nitrogens with one attached hydrogen (secondary N) is 1. The molecule has 0 aromatic heterocycles. The van der Waals surface area contributed by atoms with Crippen LogP contribution in [0.5, 0.6) is 0 Å². The molecule has 6 nitrogen and oxygen atoms in total. The van der Waals surface area contributed by atoms with Gasteiger partial charge in [0.1, 0.15) is 0 Å². The number of aliphatic hydroxyl groups is 2. The molecular formula is C22H35F3N2O4S. The lowest BCUT2D eigenvalue weighted by Crippen LogP contribution is -2.31. The summed E-state index contributed by atoms with van der Waals surface area (Å²) >= 11 is 0. The Morgan fingerprint density at radius 1 is 0.906 bits per heavy atom. The maximum atomic E-state index is 12.6. The zero-order valence-electron chi connectivity index (χ0n) is 18.4. The minimum Gasteiger partial charge on any atom is -0.395 e. The zero-order valence-corrected chi connectivity index (χ0v) is 19.2. The summed E-state index contributed by atoms with van der Waals surface area (Å²) in [6.45, 7) is 2.50. The molecule has 10 heteroatoms. The highest BCUT2D eigenvalue weighted by molar-refractivity contribution is 7.89. The summed E-state index contributed by atoms with van der Waals surface area (Å²) in [4.78, 5) is 1.90. The van der Waals surface area contributed by atoms with Gasteiger partial charge in [-0.25, -0.2) is 13.1 Å². The van der Waals surface area contributed by atoms with E-state index in [0.29, 0.717) is 25.6 Å². The van der Waals surface area contributed by atoms with Crippen molar-refractivity contribution in [2.24, 2.45) is 11.8 Å². The van der Waals surface area contributed by atoms with Crippen LogP contribution in [0.15, 0.2) is 29.2 Å². The molecule has 0 heterocycles. The van der Waals surface area contributed by atoms with Crippen molar-refractivity contribution in [3.8, 4) is 0 Å². The van der Waals surface area contributed by atoms with E-state index in [-0.39, 0.29) is 24.0 Å². The van der Waals surface area contributed by atoms with E-state index >= 15 is 0 Å². The lowest BCUT2D eigenvalue weighted by atomic mass is 9.80. The summed E-state index contributed by atoms with van der Waals surface area (Å²) in [6.07, 6.45) is 2.69. The van der Waals surface area contributed by atoms with E-state index < -0.39 is 21.8 Å². The van der Waals surface area contributed by atoms with Gasteiger partial charge in [0.05, 0.1) is 23.7 Å². The van der Waals surface area contributed by atoms with Gasteiger partial charge in [-0.2, -0.15) is 13.2 Å². The first kappa shape index (κ1) is 27.0. The molecule has 0 amide bonds. The fourth-order valence-corrected chi connectivity index (χ4v) is 5.36. The number of hydrogen-bond acceptors (Lipinski definition) is 5. The van der Waals surface area contributed by atoms with Crippen LogP contribution in [0.3, 0.4) is 0 Å². The van der Waals surface area contributed by atoms with Crippen molar-refractivity contribution in [1.29, 1.82) is 0 Å². The predicted octanol–water partition coefficient (Wildman–Crippen LogP) is 3.25. The van der Waals surface area contributed by atoms with Crippen LogP contribution in [-0.2, 0) is 16.2 Å². The summed E-state index contributed by atoms with van der Waals surface area (Å²) < 4.78 is 65.3. The number of sulfonamides is 1. The maximum absolute atomic E-state index is 12.6. The predicted molar refractivity (Wildman–Crippen MR) is 117 cm³/mol. The molecule has 1 aliphatic rings. The molecule has 0 unspecified atom stereocenters. The molecule has 2 rings (SSSR count). The Bertz CT molecular complexity index is 758. The molecule has 1 aromatic rings. The van der Waals surface area contributed by atoms with Crippen LogP contribution in [0.4, 0.5) is 13.2 Å². The minimum atomic E-state index is -4.49. The van der Waals surface area contributed by atoms with Gasteiger partial charge in [-0.1, -0.05) is 25.7 Å². The average molecular weight is 481 g/mol. The Hall–Kier alpha value is -1.20. The largest absolute Gasteiger partial charge is 0.416 e. The van der Waals surface area contributed by atoms with Gasteiger partial charge in [-0.05, 0) is 61.9 Å². The minimum absolute atomic E-state index is 0.0899. The Balaban J connectivity index is 1.68. The van der Waals surface area contributed by atoms with E-state index in [9.17, 15) is 21.6 Å². The highest BCUT2D eigenvalue weighted by Crippen LogP contribution is 2.32. The summed E-state index contributed by atoms with van der Waals surface area (Å²) in [5.41, 5.74) is -0.871. The SMILES string of the molecule is O=S(=O)(NCC1CCC(CCCCN(CCO)CCO)CC1)c1ccc(C(F)(F)F)cc1. The third-order valence-corrected chi connectivity index (χ3v) is 7.63. The normalized spacial score (nSPS) is 20.1. The fraction of sp³-hybridized carbons (Fsp3) is 0.727. The number of nitrogens with zero attached hydrogens (tertiary/aromatic N) is 1. The molecule has 3 N–H and O–H groups in total. The van der Waals surface area contributed by atoms with Gasteiger partial charge in [0.15, 0.2) is 0 Å². The summed E-state index contributed by atoms with van der Waals surface area (Å²) in [5, 5.41) is 18.1. The monoisotopic (exact) mass is 480 g/mol. The van der Waals surface area contributed by atoms with Crippen molar-refractivity contribution >= 4 is 10.0 Å². The third kappa shape index (κ3) is 8.97. The Kier molecular flexibility index (Phi) is 10.9. The molecule has 1 saturated carbocycles. The first-order chi connectivity index (χ1) is 15.2. The van der Waals surface area contributed by atoms with Crippen molar-refractivity contribution in [3.05, 3.63) is 29.8 Å². The average Bonchev–Trinajstić information content (AvgIpc) is 2.76. The molecule has 184 valence electrons. The van der Waals surface area contributed by atoms with Gasteiger partial charge in [-0.15, -0.1) is 0 Å². The van der Waals surface area contributed by atoms with Crippen molar-refractivity contribution in [2.45, 2.75) is 56.0 Å². The van der Waals surface area contributed by atoms with E-state index in [2.05, 4.69) is 9.62 Å². The quantitative estimate of drug-likeness (QED) is 0.377. The number of aliphatic hydroxyl groups excluding tert-OH is 2. The van der Waals surface area contributed by atoms with Crippen molar-refractivity contribution in [3.63, 3.8) is 0 Å². The lowest BCUT2D eigenvalue weighted by Gasteiger charge is -2.29.